The van der Waals surface area contributed by atoms with Crippen LogP contribution >= 0.6 is 0 Å². The Morgan fingerprint density at radius 3 is 2.80 bits per heavy atom. The molecule has 0 fully saturated rings. The number of anilines is 1. The number of imidazole rings is 1. The zero-order valence-electron chi connectivity index (χ0n) is 17.2. The van der Waals surface area contributed by atoms with Crippen LogP contribution in [0.4, 0.5) is 5.69 Å². The zero-order chi connectivity index (χ0) is 21.5. The average molecular weight is 406 g/mol. The maximum absolute atomic E-state index is 12.5. The van der Waals surface area contributed by atoms with Crippen LogP contribution in [0.25, 0.3) is 22.4 Å². The van der Waals surface area contributed by atoms with E-state index >= 15 is 0 Å². The van der Waals surface area contributed by atoms with Crippen LogP contribution in [0.3, 0.4) is 0 Å². The largest absolute Gasteiger partial charge is 0.478 e. The predicted octanol–water partition coefficient (Wildman–Crippen LogP) is 4.72. The van der Waals surface area contributed by atoms with Crippen LogP contribution in [0.1, 0.15) is 43.5 Å². The summed E-state index contributed by atoms with van der Waals surface area (Å²) in [5.41, 5.74) is 3.00. The first-order chi connectivity index (χ1) is 14.6. The second-order valence-electron chi connectivity index (χ2n) is 6.62. The van der Waals surface area contributed by atoms with E-state index in [1.54, 1.807) is 24.4 Å². The van der Waals surface area contributed by atoms with Crippen molar-refractivity contribution in [2.24, 2.45) is 0 Å². The van der Waals surface area contributed by atoms with Gasteiger partial charge in [-0.15, -0.1) is 0 Å². The van der Waals surface area contributed by atoms with Crippen molar-refractivity contribution in [3.63, 3.8) is 0 Å². The quantitative estimate of drug-likeness (QED) is 0.473. The Bertz CT molecular complexity index is 1150. The minimum absolute atomic E-state index is 0.0953. The number of allylic oxidation sites excluding steroid dienone is 3. The third kappa shape index (κ3) is 4.51. The highest BCUT2D eigenvalue weighted by molar-refractivity contribution is 6.01. The molecule has 1 aromatic carbocycles. The molecular weight excluding hydrogens is 380 g/mol. The summed E-state index contributed by atoms with van der Waals surface area (Å²) in [5.74, 6) is -0.720. The monoisotopic (exact) mass is 406 g/mol. The second kappa shape index (κ2) is 9.73. The van der Waals surface area contributed by atoms with Crippen molar-refractivity contribution in [2.45, 2.75) is 33.1 Å². The molecule has 30 heavy (non-hydrogen) atoms. The number of carboxylic acids is 1. The SMILES string of the molecule is CC.O=C(O)c1cccc2[nH]c(-c3c(NCCC4=CCCC=C4)cc[nH]c3=O)nc12. The highest BCUT2D eigenvalue weighted by Crippen LogP contribution is 2.26. The maximum atomic E-state index is 12.5. The van der Waals surface area contributed by atoms with Crippen molar-refractivity contribution in [2.75, 3.05) is 11.9 Å². The van der Waals surface area contributed by atoms with Crippen molar-refractivity contribution < 1.29 is 9.90 Å². The Balaban J connectivity index is 0.00000124. The molecule has 2 aromatic heterocycles. The molecule has 0 bridgehead atoms. The van der Waals surface area contributed by atoms with Gasteiger partial charge in [-0.05, 0) is 37.5 Å². The molecule has 3 aromatic rings. The predicted molar refractivity (Wildman–Crippen MR) is 120 cm³/mol. The molecule has 0 unspecified atom stereocenters. The molecular formula is C23H26N4O3. The summed E-state index contributed by atoms with van der Waals surface area (Å²) in [6, 6.07) is 6.67. The van der Waals surface area contributed by atoms with Gasteiger partial charge in [-0.3, -0.25) is 4.79 Å². The number of aromatic nitrogens is 3. The van der Waals surface area contributed by atoms with E-state index < -0.39 is 5.97 Å². The Labute approximate surface area is 174 Å². The lowest BCUT2D eigenvalue weighted by Crippen LogP contribution is -2.14. The van der Waals surface area contributed by atoms with Gasteiger partial charge in [0.2, 0.25) is 0 Å². The van der Waals surface area contributed by atoms with Crippen LogP contribution in [0.5, 0.6) is 0 Å². The Morgan fingerprint density at radius 1 is 1.23 bits per heavy atom. The number of rotatable bonds is 6. The van der Waals surface area contributed by atoms with Crippen molar-refractivity contribution >= 4 is 22.7 Å². The van der Waals surface area contributed by atoms with E-state index in [-0.39, 0.29) is 11.1 Å². The van der Waals surface area contributed by atoms with E-state index in [1.807, 2.05) is 13.8 Å². The van der Waals surface area contributed by atoms with Gasteiger partial charge in [0, 0.05) is 12.7 Å². The summed E-state index contributed by atoms with van der Waals surface area (Å²) in [7, 11) is 0. The van der Waals surface area contributed by atoms with Crippen molar-refractivity contribution in [1.82, 2.24) is 15.0 Å². The molecule has 0 amide bonds. The molecule has 2 heterocycles. The summed E-state index contributed by atoms with van der Waals surface area (Å²) >= 11 is 0. The van der Waals surface area contributed by atoms with Crippen molar-refractivity contribution in [3.8, 4) is 11.4 Å². The van der Waals surface area contributed by atoms with Gasteiger partial charge < -0.3 is 20.4 Å². The van der Waals surface area contributed by atoms with Crippen LogP contribution < -0.4 is 10.9 Å². The highest BCUT2D eigenvalue weighted by Gasteiger charge is 2.17. The van der Waals surface area contributed by atoms with Gasteiger partial charge in [0.15, 0.2) is 0 Å². The van der Waals surface area contributed by atoms with Gasteiger partial charge in [-0.2, -0.15) is 0 Å². The Morgan fingerprint density at radius 2 is 2.07 bits per heavy atom. The van der Waals surface area contributed by atoms with E-state index in [0.29, 0.717) is 34.7 Å². The minimum Gasteiger partial charge on any atom is -0.478 e. The van der Waals surface area contributed by atoms with E-state index in [1.165, 1.54) is 11.6 Å². The average Bonchev–Trinajstić information content (AvgIpc) is 3.19. The van der Waals surface area contributed by atoms with Crippen LogP contribution in [0.15, 0.2) is 59.1 Å². The molecule has 0 saturated heterocycles. The molecule has 0 aliphatic heterocycles. The van der Waals surface area contributed by atoms with E-state index in [4.69, 9.17) is 0 Å². The standard InChI is InChI=1S/C21H20N4O3.C2H6/c26-20-17(19-24-16-8-4-7-14(21(27)28)18(16)25-19)15(10-12-23-20)22-11-9-13-5-2-1-3-6-13;1-2/h2,4-8,10,12H,1,3,9,11H2,(H,24,25)(H,27,28)(H2,22,23,26);1-2H3. The maximum Gasteiger partial charge on any atom is 0.337 e. The summed E-state index contributed by atoms with van der Waals surface area (Å²) in [4.78, 5) is 34.1. The summed E-state index contributed by atoms with van der Waals surface area (Å²) in [6.45, 7) is 4.67. The number of carboxylic acid groups (broad SMARTS) is 1. The second-order valence-corrected chi connectivity index (χ2v) is 6.62. The number of benzene rings is 1. The van der Waals surface area contributed by atoms with Gasteiger partial charge >= 0.3 is 5.97 Å². The van der Waals surface area contributed by atoms with Crippen LogP contribution in [-0.2, 0) is 0 Å². The van der Waals surface area contributed by atoms with Gasteiger partial charge in [-0.25, -0.2) is 9.78 Å². The van der Waals surface area contributed by atoms with Gasteiger partial charge in [0.1, 0.15) is 16.9 Å². The van der Waals surface area contributed by atoms with Gasteiger partial charge in [0.25, 0.3) is 5.56 Å². The lowest BCUT2D eigenvalue weighted by atomic mass is 10.0. The number of para-hydroxylation sites is 1. The molecule has 156 valence electrons. The van der Waals surface area contributed by atoms with Crippen LogP contribution in [0.2, 0.25) is 0 Å². The lowest BCUT2D eigenvalue weighted by Gasteiger charge is -2.11. The summed E-state index contributed by atoms with van der Waals surface area (Å²) < 4.78 is 0. The fourth-order valence-electron chi connectivity index (χ4n) is 3.38. The van der Waals surface area contributed by atoms with Crippen LogP contribution in [-0.4, -0.2) is 32.6 Å². The molecule has 7 nitrogen and oxygen atoms in total. The molecule has 0 atom stereocenters. The number of fused-ring (bicyclic) bond motifs is 1. The number of nitrogens with zero attached hydrogens (tertiary/aromatic N) is 1. The lowest BCUT2D eigenvalue weighted by molar-refractivity contribution is 0.0699. The smallest absolute Gasteiger partial charge is 0.337 e. The van der Waals surface area contributed by atoms with Crippen molar-refractivity contribution in [3.05, 3.63) is 70.2 Å². The number of aromatic amines is 2. The summed E-state index contributed by atoms with van der Waals surface area (Å²) in [5, 5.41) is 12.7. The molecule has 1 aliphatic rings. The molecule has 0 radical (unpaired) electrons. The first-order valence-electron chi connectivity index (χ1n) is 10.2. The van der Waals surface area contributed by atoms with E-state index in [0.717, 1.165) is 19.3 Å². The highest BCUT2D eigenvalue weighted by atomic mass is 16.4. The minimum atomic E-state index is -1.06. The Kier molecular flexibility index (Phi) is 6.85. The Hall–Kier alpha value is -3.61. The summed E-state index contributed by atoms with van der Waals surface area (Å²) in [6.07, 6.45) is 11.1. The fraction of sp³-hybridized carbons (Fsp3) is 0.261. The van der Waals surface area contributed by atoms with Crippen molar-refractivity contribution in [1.29, 1.82) is 0 Å². The topological polar surface area (TPSA) is 111 Å². The number of carbonyl (C=O) groups is 1. The number of pyridine rings is 1. The molecule has 0 spiro atoms. The number of hydrogen-bond acceptors (Lipinski definition) is 4. The number of aromatic carboxylic acids is 1. The van der Waals surface area contributed by atoms with E-state index in [9.17, 15) is 14.7 Å². The molecule has 4 rings (SSSR count). The van der Waals surface area contributed by atoms with Crippen LogP contribution in [0, 0.1) is 0 Å². The normalized spacial score (nSPS) is 12.8. The third-order valence-electron chi connectivity index (χ3n) is 4.74. The molecule has 0 saturated carbocycles. The van der Waals surface area contributed by atoms with Gasteiger partial charge in [-0.1, -0.05) is 43.7 Å². The number of hydrogen-bond donors (Lipinski definition) is 4. The number of nitrogens with one attached hydrogen (secondary N) is 3. The first-order valence-corrected chi connectivity index (χ1v) is 10.2. The molecule has 1 aliphatic carbocycles. The fourth-order valence-corrected chi connectivity index (χ4v) is 3.38. The van der Waals surface area contributed by atoms with Gasteiger partial charge in [0.05, 0.1) is 16.8 Å². The van der Waals surface area contributed by atoms with E-state index in [2.05, 4.69) is 38.5 Å². The molecule has 4 N–H and O–H groups in total. The third-order valence-corrected chi connectivity index (χ3v) is 4.74. The number of H-pyrrole nitrogens is 2. The first kappa shape index (κ1) is 21.1. The molecule has 7 heteroatoms. The zero-order valence-corrected chi connectivity index (χ0v) is 17.2.